The Morgan fingerprint density at radius 3 is 2.22 bits per heavy atom. The van der Waals surface area contributed by atoms with Crippen LogP contribution in [0.2, 0.25) is 0 Å². The normalized spacial score (nSPS) is 24.7. The van der Waals surface area contributed by atoms with Crippen LogP contribution in [0.5, 0.6) is 0 Å². The highest BCUT2D eigenvalue weighted by Gasteiger charge is 2.35. The van der Waals surface area contributed by atoms with E-state index in [9.17, 15) is 5.11 Å². The van der Waals surface area contributed by atoms with E-state index >= 15 is 0 Å². The number of unbranched alkanes of at least 4 members (excludes halogenated alkanes) is 4. The first kappa shape index (κ1) is 18.4. The number of likely N-dealkylation sites (N-methyl/N-ethyl adjacent to an activating group) is 1. The van der Waals surface area contributed by atoms with E-state index in [2.05, 4.69) is 21.0 Å². The smallest absolute Gasteiger partial charge is 0.115 e. The molecule has 1 rings (SSSR count). The third kappa shape index (κ3) is 6.03. The van der Waals surface area contributed by atoms with Crippen LogP contribution in [-0.2, 0) is 0 Å². The van der Waals surface area contributed by atoms with Crippen molar-refractivity contribution < 1.29 is 26.6 Å². The third-order valence-electron chi connectivity index (χ3n) is 4.43. The van der Waals surface area contributed by atoms with Crippen LogP contribution in [0.25, 0.3) is 0 Å². The molecule has 1 aliphatic rings. The molecule has 2 nitrogen and oxygen atoms in total. The van der Waals surface area contributed by atoms with Gasteiger partial charge in [0.1, 0.15) is 12.1 Å². The van der Waals surface area contributed by atoms with Gasteiger partial charge in [-0.15, -0.1) is 0 Å². The molecule has 0 aliphatic heterocycles. The first-order valence-corrected chi connectivity index (χ1v) is 7.58. The molecule has 0 aromatic rings. The van der Waals surface area contributed by atoms with E-state index in [1.165, 1.54) is 57.9 Å². The van der Waals surface area contributed by atoms with Crippen molar-refractivity contribution in [1.29, 1.82) is 0 Å². The van der Waals surface area contributed by atoms with Gasteiger partial charge in [-0.3, -0.25) is 0 Å². The first-order chi connectivity index (χ1) is 8.08. The molecule has 1 fully saturated rings. The van der Waals surface area contributed by atoms with Crippen LogP contribution < -0.4 is 17.0 Å². The van der Waals surface area contributed by atoms with E-state index in [4.69, 9.17) is 0 Å². The topological polar surface area (TPSA) is 20.2 Å². The van der Waals surface area contributed by atoms with Gasteiger partial charge in [0.05, 0.1) is 20.6 Å². The van der Waals surface area contributed by atoms with Crippen LogP contribution in [0.1, 0.15) is 64.7 Å². The molecule has 0 heterocycles. The molecule has 0 aromatic heterocycles. The summed E-state index contributed by atoms with van der Waals surface area (Å²) in [4.78, 5) is 0. The van der Waals surface area contributed by atoms with Crippen molar-refractivity contribution in [3.8, 4) is 0 Å². The highest BCUT2D eigenvalue weighted by molar-refractivity contribution is 4.75. The molecule has 18 heavy (non-hydrogen) atoms. The molecule has 1 N–H and O–H groups in total. The minimum absolute atomic E-state index is 0. The van der Waals surface area contributed by atoms with Crippen molar-refractivity contribution in [2.75, 3.05) is 20.6 Å². The summed E-state index contributed by atoms with van der Waals surface area (Å²) in [5.41, 5.74) is 0. The van der Waals surface area contributed by atoms with Gasteiger partial charge in [0.2, 0.25) is 0 Å². The molecule has 0 spiro atoms. The van der Waals surface area contributed by atoms with Gasteiger partial charge in [-0.2, -0.15) is 0 Å². The Hall–Kier alpha value is 0.400. The van der Waals surface area contributed by atoms with Gasteiger partial charge in [0, 0.05) is 6.42 Å². The molecule has 0 radical (unpaired) electrons. The summed E-state index contributed by atoms with van der Waals surface area (Å²) in [5.74, 6) is 0. The minimum Gasteiger partial charge on any atom is -1.00 e. The minimum atomic E-state index is -0.0607. The summed E-state index contributed by atoms with van der Waals surface area (Å²) in [6.45, 7) is 3.49. The Morgan fingerprint density at radius 2 is 1.61 bits per heavy atom. The summed E-state index contributed by atoms with van der Waals surface area (Å²) in [6, 6.07) is 0.481. The SMILES string of the molecule is CCCCCCC[N+](C)(C)C1CCCCC1O.[Br-]. The summed E-state index contributed by atoms with van der Waals surface area (Å²) >= 11 is 0. The zero-order chi connectivity index (χ0) is 12.7. The lowest BCUT2D eigenvalue weighted by Gasteiger charge is -2.42. The largest absolute Gasteiger partial charge is 1.00 e. The van der Waals surface area contributed by atoms with Crippen molar-refractivity contribution in [1.82, 2.24) is 0 Å². The molecule has 0 bridgehead atoms. The Bertz CT molecular complexity index is 209. The molecule has 2 atom stereocenters. The van der Waals surface area contributed by atoms with Crippen molar-refractivity contribution in [2.45, 2.75) is 76.9 Å². The number of quaternary nitrogens is 1. The van der Waals surface area contributed by atoms with Crippen LogP contribution in [0.15, 0.2) is 0 Å². The highest BCUT2D eigenvalue weighted by atomic mass is 79.9. The van der Waals surface area contributed by atoms with Crippen molar-refractivity contribution >= 4 is 0 Å². The number of rotatable bonds is 7. The number of aliphatic hydroxyl groups excluding tert-OH is 1. The average Bonchev–Trinajstić information content (AvgIpc) is 2.29. The summed E-state index contributed by atoms with van der Waals surface area (Å²) in [6.07, 6.45) is 11.4. The highest BCUT2D eigenvalue weighted by Crippen LogP contribution is 2.26. The van der Waals surface area contributed by atoms with Crippen LogP contribution in [0.4, 0.5) is 0 Å². The molecule has 2 unspecified atom stereocenters. The maximum Gasteiger partial charge on any atom is 0.115 e. The van der Waals surface area contributed by atoms with E-state index in [0.29, 0.717) is 6.04 Å². The number of hydrogen-bond donors (Lipinski definition) is 1. The Morgan fingerprint density at radius 1 is 1.00 bits per heavy atom. The van der Waals surface area contributed by atoms with Crippen molar-refractivity contribution in [2.24, 2.45) is 0 Å². The molecule has 1 aliphatic carbocycles. The second-order valence-electron chi connectivity index (χ2n) is 6.34. The lowest BCUT2D eigenvalue weighted by Crippen LogP contribution is -3.00. The van der Waals surface area contributed by atoms with E-state index in [1.807, 2.05) is 0 Å². The summed E-state index contributed by atoms with van der Waals surface area (Å²) in [5, 5.41) is 10.1. The van der Waals surface area contributed by atoms with Crippen molar-refractivity contribution in [3.63, 3.8) is 0 Å². The second kappa shape index (κ2) is 9.33. The zero-order valence-corrected chi connectivity index (χ0v) is 14.1. The van der Waals surface area contributed by atoms with Gasteiger partial charge >= 0.3 is 0 Å². The van der Waals surface area contributed by atoms with E-state index in [0.717, 1.165) is 10.9 Å². The molecule has 0 aromatic carbocycles. The fourth-order valence-corrected chi connectivity index (χ4v) is 3.20. The van der Waals surface area contributed by atoms with Crippen molar-refractivity contribution in [3.05, 3.63) is 0 Å². The fourth-order valence-electron chi connectivity index (χ4n) is 3.20. The molecule has 1 saturated carbocycles. The van der Waals surface area contributed by atoms with Gasteiger partial charge in [-0.25, -0.2) is 0 Å². The quantitative estimate of drug-likeness (QED) is 0.529. The van der Waals surface area contributed by atoms with E-state index < -0.39 is 0 Å². The van der Waals surface area contributed by atoms with Gasteiger partial charge in [0.15, 0.2) is 0 Å². The average molecular weight is 322 g/mol. The van der Waals surface area contributed by atoms with Gasteiger partial charge in [-0.05, 0) is 25.7 Å². The monoisotopic (exact) mass is 321 g/mol. The van der Waals surface area contributed by atoms with Gasteiger partial charge in [-0.1, -0.05) is 32.6 Å². The first-order valence-electron chi connectivity index (χ1n) is 7.58. The Kier molecular flexibility index (Phi) is 9.53. The number of aliphatic hydroxyl groups is 1. The Balaban J connectivity index is 0.00000289. The predicted molar refractivity (Wildman–Crippen MR) is 74.0 cm³/mol. The summed E-state index contributed by atoms with van der Waals surface area (Å²) in [7, 11) is 4.61. The zero-order valence-electron chi connectivity index (χ0n) is 12.5. The molecule has 110 valence electrons. The van der Waals surface area contributed by atoms with Crippen LogP contribution >= 0.6 is 0 Å². The number of nitrogens with zero attached hydrogens (tertiary/aromatic N) is 1. The molecular weight excluding hydrogens is 290 g/mol. The van der Waals surface area contributed by atoms with Gasteiger partial charge < -0.3 is 26.6 Å². The lowest BCUT2D eigenvalue weighted by molar-refractivity contribution is -0.920. The molecular formula is C15H32BrNO. The summed E-state index contributed by atoms with van der Waals surface area (Å²) < 4.78 is 1.02. The van der Waals surface area contributed by atoms with Crippen LogP contribution in [0, 0.1) is 0 Å². The standard InChI is InChI=1S/C15H32NO.BrH/c1-4-5-6-7-10-13-16(2,3)14-11-8-9-12-15(14)17;/h14-15,17H,4-13H2,1-3H3;1H/q+1;/p-1. The maximum absolute atomic E-state index is 10.1. The van der Waals surface area contributed by atoms with Crippen LogP contribution in [-0.4, -0.2) is 42.4 Å². The third-order valence-corrected chi connectivity index (χ3v) is 4.43. The predicted octanol–water partition coefficient (Wildman–Crippen LogP) is 0.341. The maximum atomic E-state index is 10.1. The Labute approximate surface area is 124 Å². The number of hydrogen-bond acceptors (Lipinski definition) is 1. The number of halogens is 1. The lowest BCUT2D eigenvalue weighted by atomic mass is 9.90. The van der Waals surface area contributed by atoms with Crippen LogP contribution in [0.3, 0.4) is 0 Å². The molecule has 3 heteroatoms. The molecule has 0 amide bonds. The second-order valence-corrected chi connectivity index (χ2v) is 6.34. The molecule has 0 saturated heterocycles. The fraction of sp³-hybridized carbons (Fsp3) is 1.00. The van der Waals surface area contributed by atoms with E-state index in [1.54, 1.807) is 0 Å². The van der Waals surface area contributed by atoms with E-state index in [-0.39, 0.29) is 23.1 Å². The van der Waals surface area contributed by atoms with Gasteiger partial charge in [0.25, 0.3) is 0 Å².